The normalized spacial score (nSPS) is 15.3. The van der Waals surface area contributed by atoms with Gasteiger partial charge in [-0.2, -0.15) is 0 Å². The van der Waals surface area contributed by atoms with Crippen LogP contribution < -0.4 is 0 Å². The molecule has 0 saturated carbocycles. The average molecular weight is 290 g/mol. The van der Waals surface area contributed by atoms with Crippen molar-refractivity contribution in [2.75, 3.05) is 0 Å². The SMILES string of the molecule is CC(C)C(Cc1ccccc1Br)C(C)Cl. The van der Waals surface area contributed by atoms with Gasteiger partial charge < -0.3 is 0 Å². The Morgan fingerprint density at radius 3 is 2.27 bits per heavy atom. The number of hydrogen-bond acceptors (Lipinski definition) is 0. The second-order valence-corrected chi connectivity index (χ2v) is 5.92. The van der Waals surface area contributed by atoms with E-state index in [0.29, 0.717) is 11.8 Å². The van der Waals surface area contributed by atoms with E-state index in [-0.39, 0.29) is 5.38 Å². The lowest BCUT2D eigenvalue weighted by molar-refractivity contribution is 0.376. The van der Waals surface area contributed by atoms with Crippen LogP contribution in [0, 0.1) is 11.8 Å². The third kappa shape index (κ3) is 3.81. The van der Waals surface area contributed by atoms with Gasteiger partial charge in [0.2, 0.25) is 0 Å². The Balaban J connectivity index is 2.79. The van der Waals surface area contributed by atoms with Crippen molar-refractivity contribution in [3.63, 3.8) is 0 Å². The molecule has 0 spiro atoms. The Hall–Kier alpha value is -0.0100. The third-order valence-electron chi connectivity index (χ3n) is 2.86. The van der Waals surface area contributed by atoms with Crippen LogP contribution in [0.5, 0.6) is 0 Å². The van der Waals surface area contributed by atoms with Crippen LogP contribution in [0.1, 0.15) is 26.3 Å². The molecule has 0 saturated heterocycles. The summed E-state index contributed by atoms with van der Waals surface area (Å²) in [6.07, 6.45) is 1.05. The summed E-state index contributed by atoms with van der Waals surface area (Å²) in [6.45, 7) is 6.56. The molecular formula is C13H18BrCl. The zero-order chi connectivity index (χ0) is 11.4. The summed E-state index contributed by atoms with van der Waals surface area (Å²) in [6, 6.07) is 8.38. The first-order valence-electron chi connectivity index (χ1n) is 5.40. The van der Waals surface area contributed by atoms with Crippen LogP contribution in [-0.2, 0) is 6.42 Å². The molecule has 84 valence electrons. The number of hydrogen-bond donors (Lipinski definition) is 0. The molecule has 0 N–H and O–H groups in total. The highest BCUT2D eigenvalue weighted by Crippen LogP contribution is 2.27. The van der Waals surface area contributed by atoms with Crippen molar-refractivity contribution in [3.8, 4) is 0 Å². The van der Waals surface area contributed by atoms with Gasteiger partial charge in [0.25, 0.3) is 0 Å². The molecule has 0 amide bonds. The molecule has 2 atom stereocenters. The van der Waals surface area contributed by atoms with Crippen molar-refractivity contribution >= 4 is 27.5 Å². The molecule has 1 aromatic carbocycles. The van der Waals surface area contributed by atoms with Gasteiger partial charge in [-0.1, -0.05) is 48.0 Å². The second kappa shape index (κ2) is 5.91. The van der Waals surface area contributed by atoms with Gasteiger partial charge in [-0.25, -0.2) is 0 Å². The average Bonchev–Trinajstić information content (AvgIpc) is 2.15. The number of alkyl halides is 1. The van der Waals surface area contributed by atoms with Gasteiger partial charge in [0, 0.05) is 9.85 Å². The van der Waals surface area contributed by atoms with E-state index in [0.717, 1.165) is 6.42 Å². The molecule has 2 unspecified atom stereocenters. The molecular weight excluding hydrogens is 272 g/mol. The first-order valence-corrected chi connectivity index (χ1v) is 6.62. The van der Waals surface area contributed by atoms with Gasteiger partial charge in [-0.05, 0) is 36.8 Å². The fourth-order valence-corrected chi connectivity index (χ4v) is 2.67. The van der Waals surface area contributed by atoms with Crippen LogP contribution in [0.2, 0.25) is 0 Å². The predicted molar refractivity (Wildman–Crippen MR) is 71.5 cm³/mol. The Morgan fingerprint density at radius 1 is 1.20 bits per heavy atom. The molecule has 15 heavy (non-hydrogen) atoms. The molecule has 2 heteroatoms. The van der Waals surface area contributed by atoms with E-state index in [2.05, 4.69) is 54.9 Å². The van der Waals surface area contributed by atoms with Gasteiger partial charge in [-0.3, -0.25) is 0 Å². The first kappa shape index (κ1) is 13.1. The fraction of sp³-hybridized carbons (Fsp3) is 0.538. The van der Waals surface area contributed by atoms with Crippen LogP contribution >= 0.6 is 27.5 Å². The summed E-state index contributed by atoms with van der Waals surface area (Å²) in [7, 11) is 0. The minimum Gasteiger partial charge on any atom is -0.123 e. The fourth-order valence-electron chi connectivity index (χ4n) is 1.85. The van der Waals surface area contributed by atoms with E-state index in [1.165, 1.54) is 10.0 Å². The van der Waals surface area contributed by atoms with E-state index in [4.69, 9.17) is 11.6 Å². The lowest BCUT2D eigenvalue weighted by atomic mass is 9.87. The molecule has 0 aliphatic rings. The predicted octanol–water partition coefficient (Wildman–Crippen LogP) is 4.89. The molecule has 0 radical (unpaired) electrons. The zero-order valence-electron chi connectivity index (χ0n) is 9.50. The Bertz CT molecular complexity index is 299. The monoisotopic (exact) mass is 288 g/mol. The van der Waals surface area contributed by atoms with Gasteiger partial charge in [-0.15, -0.1) is 11.6 Å². The van der Waals surface area contributed by atoms with Gasteiger partial charge in [0.1, 0.15) is 0 Å². The topological polar surface area (TPSA) is 0 Å². The highest BCUT2D eigenvalue weighted by molar-refractivity contribution is 9.10. The molecule has 0 aliphatic heterocycles. The second-order valence-electron chi connectivity index (χ2n) is 4.38. The first-order chi connectivity index (χ1) is 7.02. The van der Waals surface area contributed by atoms with E-state index >= 15 is 0 Å². The van der Waals surface area contributed by atoms with Crippen molar-refractivity contribution < 1.29 is 0 Å². The minimum absolute atomic E-state index is 0.220. The smallest absolute Gasteiger partial charge is 0.0341 e. The van der Waals surface area contributed by atoms with Crippen LogP contribution in [-0.4, -0.2) is 5.38 Å². The van der Waals surface area contributed by atoms with Gasteiger partial charge in [0.05, 0.1) is 0 Å². The maximum absolute atomic E-state index is 6.23. The van der Waals surface area contributed by atoms with Crippen LogP contribution in [0.15, 0.2) is 28.7 Å². The van der Waals surface area contributed by atoms with Crippen molar-refractivity contribution in [2.24, 2.45) is 11.8 Å². The zero-order valence-corrected chi connectivity index (χ0v) is 11.8. The molecule has 0 heterocycles. The number of halogens is 2. The molecule has 0 nitrogen and oxygen atoms in total. The van der Waals surface area contributed by atoms with Gasteiger partial charge in [0.15, 0.2) is 0 Å². The number of rotatable bonds is 4. The van der Waals surface area contributed by atoms with E-state index in [1.54, 1.807) is 0 Å². The standard InChI is InChI=1S/C13H18BrCl/c1-9(2)12(10(3)15)8-11-6-4-5-7-13(11)14/h4-7,9-10,12H,8H2,1-3H3. The molecule has 1 aromatic rings. The third-order valence-corrected chi connectivity index (χ3v) is 3.96. The van der Waals surface area contributed by atoms with Crippen LogP contribution in [0.25, 0.3) is 0 Å². The quantitative estimate of drug-likeness (QED) is 0.692. The van der Waals surface area contributed by atoms with E-state index in [9.17, 15) is 0 Å². The van der Waals surface area contributed by atoms with Crippen LogP contribution in [0.4, 0.5) is 0 Å². The Labute approximate surface area is 106 Å². The summed E-state index contributed by atoms with van der Waals surface area (Å²) in [4.78, 5) is 0. The maximum Gasteiger partial charge on any atom is 0.0341 e. The van der Waals surface area contributed by atoms with Crippen molar-refractivity contribution in [1.82, 2.24) is 0 Å². The Kier molecular flexibility index (Phi) is 5.14. The lowest BCUT2D eigenvalue weighted by Crippen LogP contribution is -2.20. The van der Waals surface area contributed by atoms with E-state index < -0.39 is 0 Å². The van der Waals surface area contributed by atoms with Crippen molar-refractivity contribution in [2.45, 2.75) is 32.6 Å². The van der Waals surface area contributed by atoms with Crippen LogP contribution in [0.3, 0.4) is 0 Å². The maximum atomic E-state index is 6.23. The largest absolute Gasteiger partial charge is 0.123 e. The van der Waals surface area contributed by atoms with E-state index in [1.807, 2.05) is 6.07 Å². The summed E-state index contributed by atoms with van der Waals surface area (Å²) < 4.78 is 1.19. The highest BCUT2D eigenvalue weighted by atomic mass is 79.9. The minimum atomic E-state index is 0.220. The summed E-state index contributed by atoms with van der Waals surface area (Å²) in [5, 5.41) is 0.220. The summed E-state index contributed by atoms with van der Waals surface area (Å²) in [5.41, 5.74) is 1.35. The highest BCUT2D eigenvalue weighted by Gasteiger charge is 2.20. The Morgan fingerprint density at radius 2 is 1.80 bits per heavy atom. The molecule has 0 aromatic heterocycles. The summed E-state index contributed by atoms with van der Waals surface area (Å²) >= 11 is 9.81. The van der Waals surface area contributed by atoms with Crippen molar-refractivity contribution in [1.29, 1.82) is 0 Å². The molecule has 1 rings (SSSR count). The van der Waals surface area contributed by atoms with Crippen molar-refractivity contribution in [3.05, 3.63) is 34.3 Å². The molecule has 0 aliphatic carbocycles. The lowest BCUT2D eigenvalue weighted by Gasteiger charge is -2.23. The summed E-state index contributed by atoms with van der Waals surface area (Å²) in [5.74, 6) is 1.15. The number of benzene rings is 1. The molecule has 0 fully saturated rings. The van der Waals surface area contributed by atoms with Gasteiger partial charge >= 0.3 is 0 Å². The molecule has 0 bridgehead atoms.